The van der Waals surface area contributed by atoms with E-state index >= 15 is 0 Å². The molecule has 1 heterocycles. The third-order valence-electron chi connectivity index (χ3n) is 7.20. The molecule has 3 N–H and O–H groups in total. The molecule has 0 bridgehead atoms. The second kappa shape index (κ2) is 17.3. The molecule has 2 aromatic carbocycles. The molecule has 7 nitrogen and oxygen atoms in total. The Hall–Kier alpha value is -3.48. The maximum absolute atomic E-state index is 12.7. The number of ether oxygens (including phenoxy) is 2. The number of unbranched alkanes of at least 4 members (excludes halogenated alkanes) is 11. The summed E-state index contributed by atoms with van der Waals surface area (Å²) in [5, 5.41) is 28.6. The molecule has 1 aliphatic heterocycles. The number of hydrogen-bond donors (Lipinski definition) is 3. The monoisotopic (exact) mass is 552 g/mol. The van der Waals surface area contributed by atoms with Crippen LogP contribution < -0.4 is 9.47 Å². The lowest BCUT2D eigenvalue weighted by atomic mass is 9.95. The van der Waals surface area contributed by atoms with Crippen LogP contribution in [0.2, 0.25) is 0 Å². The van der Waals surface area contributed by atoms with Gasteiger partial charge in [-0.1, -0.05) is 69.2 Å². The largest absolute Gasteiger partial charge is 0.508 e. The predicted molar refractivity (Wildman–Crippen MR) is 155 cm³/mol. The van der Waals surface area contributed by atoms with Crippen molar-refractivity contribution in [3.8, 4) is 23.0 Å². The van der Waals surface area contributed by atoms with Crippen LogP contribution in [0.5, 0.6) is 23.0 Å². The van der Waals surface area contributed by atoms with E-state index in [0.717, 1.165) is 56.9 Å². The average Bonchev–Trinajstić information content (AvgIpc) is 2.92. The molecule has 3 rings (SSSR count). The van der Waals surface area contributed by atoms with Gasteiger partial charge in [0.1, 0.15) is 34.7 Å². The van der Waals surface area contributed by atoms with Crippen molar-refractivity contribution < 1.29 is 34.4 Å². The molecule has 0 spiro atoms. The van der Waals surface area contributed by atoms with Crippen LogP contribution in [0.25, 0.3) is 0 Å². The Morgan fingerprint density at radius 1 is 0.850 bits per heavy atom. The number of rotatable bonds is 19. The summed E-state index contributed by atoms with van der Waals surface area (Å²) in [5.74, 6) is -0.0337. The molecule has 1 unspecified atom stereocenters. The highest BCUT2D eigenvalue weighted by molar-refractivity contribution is 6.02. The zero-order valence-electron chi connectivity index (χ0n) is 23.5. The predicted octanol–water partition coefficient (Wildman–Crippen LogP) is 8.29. The van der Waals surface area contributed by atoms with E-state index in [9.17, 15) is 19.8 Å². The summed E-state index contributed by atoms with van der Waals surface area (Å²) in [6.45, 7) is 0.538. The number of carboxylic acid groups (broad SMARTS) is 1. The minimum absolute atomic E-state index is 0.122. The van der Waals surface area contributed by atoms with Gasteiger partial charge in [-0.05, 0) is 56.2 Å². The van der Waals surface area contributed by atoms with E-state index in [2.05, 4.69) is 12.2 Å². The smallest absolute Gasteiger partial charge is 0.303 e. The minimum Gasteiger partial charge on any atom is -0.508 e. The number of fused-ring (bicyclic) bond motifs is 1. The molecule has 0 aromatic heterocycles. The molecule has 0 saturated heterocycles. The van der Waals surface area contributed by atoms with Crippen LogP contribution in [-0.4, -0.2) is 33.7 Å². The maximum Gasteiger partial charge on any atom is 0.303 e. The van der Waals surface area contributed by atoms with Crippen molar-refractivity contribution >= 4 is 11.8 Å². The Morgan fingerprint density at radius 2 is 1.45 bits per heavy atom. The maximum atomic E-state index is 12.7. The zero-order chi connectivity index (χ0) is 28.6. The average molecular weight is 553 g/mol. The van der Waals surface area contributed by atoms with Crippen molar-refractivity contribution in [1.82, 2.24) is 0 Å². The number of hydrogen-bond acceptors (Lipinski definition) is 6. The molecule has 1 atom stereocenters. The molecule has 0 saturated carbocycles. The summed E-state index contributed by atoms with van der Waals surface area (Å²) >= 11 is 0. The van der Waals surface area contributed by atoms with Crippen LogP contribution in [0.3, 0.4) is 0 Å². The number of carbonyl (C=O) groups excluding carboxylic acids is 1. The zero-order valence-corrected chi connectivity index (χ0v) is 23.5. The number of phenolic OH excluding ortho intramolecular Hbond substituents is 2. The summed E-state index contributed by atoms with van der Waals surface area (Å²) in [6, 6.07) is 9.75. The van der Waals surface area contributed by atoms with Crippen molar-refractivity contribution in [3.05, 3.63) is 59.7 Å². The van der Waals surface area contributed by atoms with Gasteiger partial charge >= 0.3 is 5.97 Å². The molecule has 0 amide bonds. The molecule has 0 fully saturated rings. The molecule has 2 aromatic rings. The van der Waals surface area contributed by atoms with E-state index in [4.69, 9.17) is 14.6 Å². The SMILES string of the molecule is O=C(O)CCCCCCC/C=C\CCCCCCCCOc1cc(O)c2c(c1)OC(c1ccc(O)cc1)CC2=O. The summed E-state index contributed by atoms with van der Waals surface area (Å²) < 4.78 is 11.9. The number of phenols is 2. The van der Waals surface area contributed by atoms with Crippen molar-refractivity contribution in [2.45, 2.75) is 102 Å². The third kappa shape index (κ3) is 10.9. The molecule has 7 heteroatoms. The number of allylic oxidation sites excluding steroid dienone is 2. The van der Waals surface area contributed by atoms with Gasteiger partial charge in [0, 0.05) is 18.6 Å². The van der Waals surface area contributed by atoms with E-state index in [1.165, 1.54) is 38.2 Å². The number of carbonyl (C=O) groups is 2. The molecule has 40 heavy (non-hydrogen) atoms. The second-order valence-corrected chi connectivity index (χ2v) is 10.6. The number of aliphatic carboxylic acids is 1. The first-order valence-electron chi connectivity index (χ1n) is 14.8. The third-order valence-corrected chi connectivity index (χ3v) is 7.20. The van der Waals surface area contributed by atoms with Crippen LogP contribution in [0, 0.1) is 0 Å². The molecule has 218 valence electrons. The number of carboxylic acids is 1. The van der Waals surface area contributed by atoms with Gasteiger partial charge in [0.05, 0.1) is 13.0 Å². The first-order chi connectivity index (χ1) is 19.4. The Balaban J connectivity index is 1.23. The Labute approximate surface area is 237 Å². The van der Waals surface area contributed by atoms with Gasteiger partial charge < -0.3 is 24.8 Å². The molecule has 0 radical (unpaired) electrons. The van der Waals surface area contributed by atoms with Gasteiger partial charge in [-0.25, -0.2) is 0 Å². The molecule has 1 aliphatic rings. The molecule has 0 aliphatic carbocycles. The lowest BCUT2D eigenvalue weighted by Gasteiger charge is -2.26. The van der Waals surface area contributed by atoms with Crippen molar-refractivity contribution in [1.29, 1.82) is 0 Å². The molecular formula is C33H44O7. The summed E-state index contributed by atoms with van der Waals surface area (Å²) in [5.41, 5.74) is 0.985. The Bertz CT molecular complexity index is 1090. The van der Waals surface area contributed by atoms with E-state index < -0.39 is 12.1 Å². The van der Waals surface area contributed by atoms with Gasteiger partial charge in [-0.2, -0.15) is 0 Å². The standard InChI is InChI=1S/C33H44O7/c34-26-19-17-25(18-20-26)30-24-29(36)33-28(35)22-27(23-31(33)40-30)39-21-15-13-11-9-7-5-3-1-2-4-6-8-10-12-14-16-32(37)38/h1-2,17-20,22-23,30,34-35H,3-16,21,24H2,(H,37,38)/b2-1-. The van der Waals surface area contributed by atoms with Crippen LogP contribution in [0.4, 0.5) is 0 Å². The van der Waals surface area contributed by atoms with Crippen molar-refractivity contribution in [2.75, 3.05) is 6.61 Å². The highest BCUT2D eigenvalue weighted by Gasteiger charge is 2.31. The van der Waals surface area contributed by atoms with Gasteiger partial charge in [0.15, 0.2) is 5.78 Å². The van der Waals surface area contributed by atoms with E-state index in [0.29, 0.717) is 24.5 Å². The normalized spacial score (nSPS) is 14.7. The number of ketones is 1. The minimum atomic E-state index is -0.696. The highest BCUT2D eigenvalue weighted by Crippen LogP contribution is 2.42. The molecular weight excluding hydrogens is 508 g/mol. The van der Waals surface area contributed by atoms with E-state index in [1.807, 2.05) is 0 Å². The Kier molecular flexibility index (Phi) is 13.4. The topological polar surface area (TPSA) is 113 Å². The summed E-state index contributed by atoms with van der Waals surface area (Å²) in [6.07, 6.45) is 18.8. The highest BCUT2D eigenvalue weighted by atomic mass is 16.5. The summed E-state index contributed by atoms with van der Waals surface area (Å²) in [7, 11) is 0. The van der Waals surface area contributed by atoms with Gasteiger partial charge in [-0.15, -0.1) is 0 Å². The van der Waals surface area contributed by atoms with Crippen LogP contribution in [0.15, 0.2) is 48.6 Å². The Morgan fingerprint density at radius 3 is 2.10 bits per heavy atom. The van der Waals surface area contributed by atoms with Gasteiger partial charge in [0.2, 0.25) is 0 Å². The van der Waals surface area contributed by atoms with Crippen LogP contribution >= 0.6 is 0 Å². The second-order valence-electron chi connectivity index (χ2n) is 10.6. The lowest BCUT2D eigenvalue weighted by Crippen LogP contribution is -2.20. The van der Waals surface area contributed by atoms with E-state index in [1.54, 1.807) is 30.3 Å². The fraction of sp³-hybridized carbons (Fsp3) is 0.515. The van der Waals surface area contributed by atoms with Crippen LogP contribution in [0.1, 0.15) is 118 Å². The van der Waals surface area contributed by atoms with Crippen molar-refractivity contribution in [2.24, 2.45) is 0 Å². The summed E-state index contributed by atoms with van der Waals surface area (Å²) in [4.78, 5) is 23.1. The number of aromatic hydroxyl groups is 2. The van der Waals surface area contributed by atoms with Gasteiger partial charge in [-0.3, -0.25) is 9.59 Å². The number of Topliss-reactive ketones (excluding diaryl/α,β-unsaturated/α-hetero) is 1. The fourth-order valence-electron chi connectivity index (χ4n) is 4.94. The quantitative estimate of drug-likeness (QED) is 0.119. The lowest BCUT2D eigenvalue weighted by molar-refractivity contribution is -0.137. The fourth-order valence-corrected chi connectivity index (χ4v) is 4.94. The first-order valence-corrected chi connectivity index (χ1v) is 14.8. The van der Waals surface area contributed by atoms with Crippen LogP contribution in [-0.2, 0) is 4.79 Å². The van der Waals surface area contributed by atoms with Gasteiger partial charge in [0.25, 0.3) is 0 Å². The van der Waals surface area contributed by atoms with Crippen molar-refractivity contribution in [3.63, 3.8) is 0 Å². The number of benzene rings is 2. The van der Waals surface area contributed by atoms with E-state index in [-0.39, 0.29) is 29.3 Å². The first kappa shape index (κ1) is 31.1.